The van der Waals surface area contributed by atoms with Crippen molar-refractivity contribution in [3.05, 3.63) is 69.5 Å². The number of amides is 2. The first-order valence-electron chi connectivity index (χ1n) is 9.76. The molecule has 2 fully saturated rings. The Morgan fingerprint density at radius 1 is 0.933 bits per heavy atom. The molecule has 2 aliphatic rings. The van der Waals surface area contributed by atoms with Gasteiger partial charge >= 0.3 is 0 Å². The second kappa shape index (κ2) is 8.57. The monoisotopic (exact) mass is 454 g/mol. The topological polar surface area (TPSA) is 40.6 Å². The zero-order chi connectivity index (χ0) is 21.4. The van der Waals surface area contributed by atoms with Gasteiger partial charge in [-0.05, 0) is 73.6 Å². The number of hydrogen-bond acceptors (Lipinski definition) is 5. The van der Waals surface area contributed by atoms with E-state index in [0.29, 0.717) is 16.6 Å². The third kappa shape index (κ3) is 3.94. The van der Waals surface area contributed by atoms with E-state index in [1.165, 1.54) is 9.80 Å². The Balaban J connectivity index is 1.89. The predicted molar refractivity (Wildman–Crippen MR) is 131 cm³/mol. The van der Waals surface area contributed by atoms with E-state index >= 15 is 0 Å². The summed E-state index contributed by atoms with van der Waals surface area (Å²) >= 11 is 8.90. The van der Waals surface area contributed by atoms with Gasteiger partial charge in [0.05, 0.1) is 15.6 Å². The van der Waals surface area contributed by atoms with E-state index in [2.05, 4.69) is 6.92 Å². The van der Waals surface area contributed by atoms with Crippen molar-refractivity contribution < 1.29 is 9.59 Å². The lowest BCUT2D eigenvalue weighted by Crippen LogP contribution is -2.57. The van der Waals surface area contributed by atoms with E-state index in [1.54, 1.807) is 23.5 Å². The first kappa shape index (κ1) is 21.2. The summed E-state index contributed by atoms with van der Waals surface area (Å²) in [6.45, 7) is 6.07. The number of nitrogens with zero attached hydrogens (tertiary/aromatic N) is 2. The second-order valence-electron chi connectivity index (χ2n) is 7.47. The molecule has 1 atom stereocenters. The number of carbonyl (C=O) groups is 2. The minimum absolute atomic E-state index is 0.185. The van der Waals surface area contributed by atoms with Gasteiger partial charge in [0.1, 0.15) is 5.57 Å². The van der Waals surface area contributed by atoms with E-state index in [4.69, 9.17) is 12.2 Å². The molecule has 154 valence electrons. The highest BCUT2D eigenvalue weighted by Crippen LogP contribution is 2.44. The van der Waals surface area contributed by atoms with Gasteiger partial charge in [-0.25, -0.2) is 0 Å². The number of benzene rings is 2. The number of aryl methyl sites for hydroxylation is 2. The number of carbonyl (C=O) groups excluding carboxylic acids is 2. The van der Waals surface area contributed by atoms with Crippen LogP contribution in [0.15, 0.2) is 58.3 Å². The summed E-state index contributed by atoms with van der Waals surface area (Å²) in [6, 6.07) is 15.3. The van der Waals surface area contributed by atoms with Gasteiger partial charge < -0.3 is 0 Å². The summed E-state index contributed by atoms with van der Waals surface area (Å²) < 4.78 is 0.793. The lowest BCUT2D eigenvalue weighted by atomic mass is 10.1. The molecule has 4 rings (SSSR count). The lowest BCUT2D eigenvalue weighted by molar-refractivity contribution is -0.120. The SMILES string of the molecule is Cc1cccc(N2C(=O)C(=C3SCC[C@@H](C)S3)C(=O)N(c3cccc(C)c3)C2=S)c1. The van der Waals surface area contributed by atoms with Crippen molar-refractivity contribution in [3.8, 4) is 0 Å². The fourth-order valence-corrected chi connectivity index (χ4v) is 6.89. The predicted octanol–water partition coefficient (Wildman–Crippen LogP) is 5.44. The molecule has 0 aliphatic carbocycles. The van der Waals surface area contributed by atoms with Gasteiger partial charge in [0.15, 0.2) is 5.11 Å². The molecule has 2 aromatic carbocycles. The Hall–Kier alpha value is -2.09. The third-order valence-electron chi connectivity index (χ3n) is 5.01. The van der Waals surface area contributed by atoms with Crippen LogP contribution in [0.3, 0.4) is 0 Å². The molecule has 2 aliphatic heterocycles. The first-order chi connectivity index (χ1) is 14.4. The van der Waals surface area contributed by atoms with Crippen molar-refractivity contribution in [2.24, 2.45) is 0 Å². The highest BCUT2D eigenvalue weighted by molar-refractivity contribution is 8.23. The molecular weight excluding hydrogens is 432 g/mol. The van der Waals surface area contributed by atoms with Crippen LogP contribution in [0.25, 0.3) is 0 Å². The van der Waals surface area contributed by atoms with Crippen LogP contribution in [0.4, 0.5) is 11.4 Å². The maximum absolute atomic E-state index is 13.6. The van der Waals surface area contributed by atoms with Crippen molar-refractivity contribution in [2.75, 3.05) is 15.6 Å². The summed E-state index contributed by atoms with van der Waals surface area (Å²) in [4.78, 5) is 30.2. The third-order valence-corrected chi connectivity index (χ3v) is 7.98. The van der Waals surface area contributed by atoms with Gasteiger partial charge in [0.25, 0.3) is 11.8 Å². The molecule has 4 nitrogen and oxygen atoms in total. The summed E-state index contributed by atoms with van der Waals surface area (Å²) in [5.41, 5.74) is 3.60. The van der Waals surface area contributed by atoms with E-state index in [1.807, 2.05) is 62.4 Å². The molecule has 2 amide bonds. The molecule has 0 saturated carbocycles. The molecule has 0 aromatic heterocycles. The number of thiocarbonyl (C=S) groups is 1. The van der Waals surface area contributed by atoms with E-state index in [9.17, 15) is 9.59 Å². The average Bonchev–Trinajstić information content (AvgIpc) is 2.68. The number of rotatable bonds is 2. The molecule has 30 heavy (non-hydrogen) atoms. The highest BCUT2D eigenvalue weighted by Gasteiger charge is 2.43. The van der Waals surface area contributed by atoms with Crippen LogP contribution in [0, 0.1) is 13.8 Å². The molecule has 2 aromatic rings. The zero-order valence-corrected chi connectivity index (χ0v) is 19.5. The van der Waals surface area contributed by atoms with Gasteiger partial charge in [-0.2, -0.15) is 0 Å². The normalized spacial score (nSPS) is 20.2. The van der Waals surface area contributed by atoms with E-state index < -0.39 is 0 Å². The van der Waals surface area contributed by atoms with Crippen LogP contribution in [0.1, 0.15) is 24.5 Å². The van der Waals surface area contributed by atoms with Crippen LogP contribution in [0.5, 0.6) is 0 Å². The van der Waals surface area contributed by atoms with Crippen molar-refractivity contribution in [3.63, 3.8) is 0 Å². The molecular formula is C23H22N2O2S3. The second-order valence-corrected chi connectivity index (χ2v) is 10.6. The minimum atomic E-state index is -0.344. The Kier molecular flexibility index (Phi) is 6.04. The molecule has 2 saturated heterocycles. The Morgan fingerprint density at radius 2 is 1.47 bits per heavy atom. The summed E-state index contributed by atoms with van der Waals surface area (Å²) in [5.74, 6) is 0.208. The van der Waals surface area contributed by atoms with Gasteiger partial charge in [0.2, 0.25) is 0 Å². The highest BCUT2D eigenvalue weighted by atomic mass is 32.2. The van der Waals surface area contributed by atoms with Crippen LogP contribution in [-0.4, -0.2) is 27.9 Å². The molecule has 0 radical (unpaired) electrons. The summed E-state index contributed by atoms with van der Waals surface area (Å²) in [7, 11) is 0. The summed E-state index contributed by atoms with van der Waals surface area (Å²) in [5, 5.41) is 0.549. The van der Waals surface area contributed by atoms with E-state index in [-0.39, 0.29) is 22.5 Å². The Labute approximate surface area is 190 Å². The van der Waals surface area contributed by atoms with Gasteiger partial charge in [-0.3, -0.25) is 19.4 Å². The zero-order valence-electron chi connectivity index (χ0n) is 17.0. The minimum Gasteiger partial charge on any atom is -0.268 e. The lowest BCUT2D eigenvalue weighted by Gasteiger charge is -2.38. The fourth-order valence-electron chi connectivity index (χ4n) is 3.48. The molecule has 0 N–H and O–H groups in total. The maximum Gasteiger partial charge on any atom is 0.271 e. The van der Waals surface area contributed by atoms with Crippen LogP contribution >= 0.6 is 35.7 Å². The molecule has 0 spiro atoms. The first-order valence-corrected chi connectivity index (χ1v) is 12.0. The molecule has 0 unspecified atom stereocenters. The van der Waals surface area contributed by atoms with Gasteiger partial charge in [-0.15, -0.1) is 23.5 Å². The van der Waals surface area contributed by atoms with Crippen molar-refractivity contribution in [1.29, 1.82) is 0 Å². The van der Waals surface area contributed by atoms with E-state index in [0.717, 1.165) is 27.5 Å². The van der Waals surface area contributed by atoms with Crippen LogP contribution in [-0.2, 0) is 9.59 Å². The van der Waals surface area contributed by atoms with Gasteiger partial charge in [-0.1, -0.05) is 31.2 Å². The average molecular weight is 455 g/mol. The van der Waals surface area contributed by atoms with Crippen LogP contribution < -0.4 is 9.80 Å². The molecule has 7 heteroatoms. The smallest absolute Gasteiger partial charge is 0.268 e. The van der Waals surface area contributed by atoms with Gasteiger partial charge in [0, 0.05) is 5.25 Å². The number of anilines is 2. The number of hydrogen-bond donors (Lipinski definition) is 0. The standard InChI is InChI=1S/C23H22N2O2S3/c1-14-6-4-8-17(12-14)24-20(26)19(22-29-11-10-16(3)30-22)21(27)25(23(24)28)18-9-5-7-15(2)13-18/h4-9,12-13,16H,10-11H2,1-3H3/t16-/m1/s1. The molecule has 2 heterocycles. The maximum atomic E-state index is 13.6. The van der Waals surface area contributed by atoms with Crippen molar-refractivity contribution in [1.82, 2.24) is 0 Å². The van der Waals surface area contributed by atoms with Crippen LogP contribution in [0.2, 0.25) is 0 Å². The summed E-state index contributed by atoms with van der Waals surface area (Å²) in [6.07, 6.45) is 1.05. The Bertz CT molecular complexity index is 1010. The Morgan fingerprint density at radius 3 is 1.93 bits per heavy atom. The fraction of sp³-hybridized carbons (Fsp3) is 0.261. The molecule has 0 bridgehead atoms. The van der Waals surface area contributed by atoms with Crippen molar-refractivity contribution in [2.45, 2.75) is 32.4 Å². The number of thioether (sulfide) groups is 2. The van der Waals surface area contributed by atoms with Crippen molar-refractivity contribution >= 4 is 64.0 Å². The quantitative estimate of drug-likeness (QED) is 0.343. The largest absolute Gasteiger partial charge is 0.271 e.